The third-order valence-corrected chi connectivity index (χ3v) is 7.65. The van der Waals surface area contributed by atoms with Crippen LogP contribution in [0.2, 0.25) is 0 Å². The van der Waals surface area contributed by atoms with Crippen LogP contribution in [0.15, 0.2) is 42.5 Å². The molecule has 1 heterocycles. The average Bonchev–Trinajstić information content (AvgIpc) is 2.92. The third kappa shape index (κ3) is 6.59. The highest BCUT2D eigenvalue weighted by molar-refractivity contribution is 6.05. The highest BCUT2D eigenvalue weighted by atomic mass is 16.5. The van der Waals surface area contributed by atoms with Crippen molar-refractivity contribution in [3.63, 3.8) is 0 Å². The minimum absolute atomic E-state index is 0.0130. The lowest BCUT2D eigenvalue weighted by atomic mass is 9.75. The largest absolute Gasteiger partial charge is 0.496 e. The van der Waals surface area contributed by atoms with Gasteiger partial charge in [0, 0.05) is 30.4 Å². The van der Waals surface area contributed by atoms with Crippen molar-refractivity contribution in [1.29, 1.82) is 0 Å². The molecular formula is C30H40N2O4. The minimum Gasteiger partial charge on any atom is -0.496 e. The van der Waals surface area contributed by atoms with Crippen molar-refractivity contribution >= 4 is 17.5 Å². The second kappa shape index (κ2) is 12.8. The number of benzene rings is 2. The first-order valence-electron chi connectivity index (χ1n) is 13.6. The molecule has 194 valence electrons. The van der Waals surface area contributed by atoms with Crippen LogP contribution < -0.4 is 14.8 Å². The quantitative estimate of drug-likeness (QED) is 0.382. The molecule has 2 aliphatic rings. The number of likely N-dealkylation sites (tertiary alicyclic amines) is 1. The molecule has 0 radical (unpaired) electrons. The molecule has 1 aliphatic carbocycles. The highest BCUT2D eigenvalue weighted by Crippen LogP contribution is 2.37. The van der Waals surface area contributed by atoms with Gasteiger partial charge >= 0.3 is 0 Å². The van der Waals surface area contributed by atoms with Crippen LogP contribution in [-0.2, 0) is 0 Å². The van der Waals surface area contributed by atoms with E-state index < -0.39 is 0 Å². The van der Waals surface area contributed by atoms with Crippen LogP contribution in [0.5, 0.6) is 11.5 Å². The first-order chi connectivity index (χ1) is 17.6. The molecular weight excluding hydrogens is 452 g/mol. The van der Waals surface area contributed by atoms with E-state index in [-0.39, 0.29) is 11.8 Å². The van der Waals surface area contributed by atoms with E-state index in [1.165, 1.54) is 44.9 Å². The molecule has 1 saturated heterocycles. The van der Waals surface area contributed by atoms with Gasteiger partial charge in [-0.2, -0.15) is 0 Å². The summed E-state index contributed by atoms with van der Waals surface area (Å²) in [4.78, 5) is 28.1. The number of rotatable bonds is 10. The number of amides is 2. The predicted octanol–water partition coefficient (Wildman–Crippen LogP) is 6.56. The number of unbranched alkanes of at least 4 members (excludes halogenated alkanes) is 3. The number of methoxy groups -OCH3 is 1. The van der Waals surface area contributed by atoms with Crippen LogP contribution in [0.4, 0.5) is 5.69 Å². The molecule has 6 nitrogen and oxygen atoms in total. The highest BCUT2D eigenvalue weighted by Gasteiger charge is 2.33. The van der Waals surface area contributed by atoms with Crippen molar-refractivity contribution in [2.75, 3.05) is 32.1 Å². The average molecular weight is 493 g/mol. The van der Waals surface area contributed by atoms with Gasteiger partial charge in [0.05, 0.1) is 19.3 Å². The van der Waals surface area contributed by atoms with Crippen molar-refractivity contribution < 1.29 is 19.1 Å². The summed E-state index contributed by atoms with van der Waals surface area (Å²) in [5, 5.41) is 2.92. The Hall–Kier alpha value is -3.02. The van der Waals surface area contributed by atoms with E-state index in [2.05, 4.69) is 12.2 Å². The lowest BCUT2D eigenvalue weighted by molar-refractivity contribution is 0.0518. The summed E-state index contributed by atoms with van der Waals surface area (Å²) in [5.74, 6) is 2.44. The number of hydrogen-bond acceptors (Lipinski definition) is 4. The number of piperidine rings is 1. The second-order valence-corrected chi connectivity index (χ2v) is 10.1. The molecule has 2 atom stereocenters. The summed E-state index contributed by atoms with van der Waals surface area (Å²) in [7, 11) is 1.56. The van der Waals surface area contributed by atoms with E-state index in [1.807, 2.05) is 17.0 Å². The van der Waals surface area contributed by atoms with Crippen LogP contribution in [0, 0.1) is 11.8 Å². The number of fused-ring (bicyclic) bond motifs is 1. The van der Waals surface area contributed by atoms with E-state index in [1.54, 1.807) is 37.4 Å². The number of ether oxygens (including phenoxy) is 2. The van der Waals surface area contributed by atoms with E-state index >= 15 is 0 Å². The van der Waals surface area contributed by atoms with E-state index in [4.69, 9.17) is 9.47 Å². The molecule has 1 N–H and O–H groups in total. The van der Waals surface area contributed by atoms with Gasteiger partial charge < -0.3 is 19.7 Å². The zero-order valence-corrected chi connectivity index (χ0v) is 21.8. The van der Waals surface area contributed by atoms with Gasteiger partial charge in [0.25, 0.3) is 11.8 Å². The zero-order valence-electron chi connectivity index (χ0n) is 21.8. The zero-order chi connectivity index (χ0) is 25.3. The molecule has 0 unspecified atom stereocenters. The number of carbonyl (C=O) groups excluding carboxylic acids is 2. The van der Waals surface area contributed by atoms with Crippen molar-refractivity contribution in [1.82, 2.24) is 4.90 Å². The van der Waals surface area contributed by atoms with E-state index in [0.717, 1.165) is 37.6 Å². The molecule has 0 spiro atoms. The Kier molecular flexibility index (Phi) is 9.26. The van der Waals surface area contributed by atoms with E-state index in [9.17, 15) is 9.59 Å². The molecule has 4 rings (SSSR count). The van der Waals surface area contributed by atoms with Crippen LogP contribution in [0.25, 0.3) is 0 Å². The summed E-state index contributed by atoms with van der Waals surface area (Å²) < 4.78 is 11.3. The normalized spacial score (nSPS) is 19.3. The van der Waals surface area contributed by atoms with Crippen LogP contribution in [0.3, 0.4) is 0 Å². The minimum atomic E-state index is -0.218. The Morgan fingerprint density at radius 1 is 0.972 bits per heavy atom. The molecule has 2 aromatic carbocycles. The standard InChI is InChI=1S/C30H40N2O4/c1-3-4-5-8-19-36-26-14-11-23(12-15-26)29(33)31-25-13-16-27(28(20-25)35-2)30(34)32-18-17-22-9-6-7-10-24(22)21-32/h11-16,20,22,24H,3-10,17-19,21H2,1-2H3,(H,31,33)/t22-,24+/m1/s1. The Balaban J connectivity index is 1.34. The molecule has 6 heteroatoms. The van der Waals surface area contributed by atoms with Crippen LogP contribution in [0.1, 0.15) is 85.4 Å². The van der Waals surface area contributed by atoms with Gasteiger partial charge in [-0.05, 0) is 67.5 Å². The molecule has 0 bridgehead atoms. The summed E-state index contributed by atoms with van der Waals surface area (Å²) in [6.45, 7) is 4.52. The Labute approximate surface area is 215 Å². The van der Waals surface area contributed by atoms with Gasteiger partial charge in [0.2, 0.25) is 0 Å². The SMILES string of the molecule is CCCCCCOc1ccc(C(=O)Nc2ccc(C(=O)N3CC[C@H]4CCCC[C@H]4C3)c(OC)c2)cc1. The summed E-state index contributed by atoms with van der Waals surface area (Å²) in [6.07, 6.45) is 10.9. The summed E-state index contributed by atoms with van der Waals surface area (Å²) in [6, 6.07) is 12.4. The Morgan fingerprint density at radius 2 is 1.75 bits per heavy atom. The van der Waals surface area contributed by atoms with Gasteiger partial charge in [-0.15, -0.1) is 0 Å². The predicted molar refractivity (Wildman–Crippen MR) is 143 cm³/mol. The summed E-state index contributed by atoms with van der Waals surface area (Å²) >= 11 is 0. The maximum Gasteiger partial charge on any atom is 0.257 e. The third-order valence-electron chi connectivity index (χ3n) is 7.65. The van der Waals surface area contributed by atoms with Gasteiger partial charge in [-0.1, -0.05) is 45.4 Å². The molecule has 2 fully saturated rings. The molecule has 36 heavy (non-hydrogen) atoms. The number of anilines is 1. The van der Waals surface area contributed by atoms with Crippen LogP contribution in [-0.4, -0.2) is 43.5 Å². The van der Waals surface area contributed by atoms with Crippen molar-refractivity contribution in [2.24, 2.45) is 11.8 Å². The van der Waals surface area contributed by atoms with Crippen molar-refractivity contribution in [3.05, 3.63) is 53.6 Å². The maximum atomic E-state index is 13.3. The van der Waals surface area contributed by atoms with Gasteiger partial charge in [0.15, 0.2) is 0 Å². The lowest BCUT2D eigenvalue weighted by Gasteiger charge is -2.41. The first-order valence-corrected chi connectivity index (χ1v) is 13.6. The number of nitrogens with one attached hydrogen (secondary N) is 1. The molecule has 2 amide bonds. The molecule has 0 aromatic heterocycles. The fraction of sp³-hybridized carbons (Fsp3) is 0.533. The van der Waals surface area contributed by atoms with Gasteiger partial charge in [0.1, 0.15) is 11.5 Å². The fourth-order valence-electron chi connectivity index (χ4n) is 5.53. The number of hydrogen-bond donors (Lipinski definition) is 1. The van der Waals surface area contributed by atoms with Gasteiger partial charge in [-0.3, -0.25) is 9.59 Å². The Bertz CT molecular complexity index is 1020. The first kappa shape index (κ1) is 26.1. The maximum absolute atomic E-state index is 13.3. The molecule has 1 saturated carbocycles. The Morgan fingerprint density at radius 3 is 2.50 bits per heavy atom. The second-order valence-electron chi connectivity index (χ2n) is 10.1. The van der Waals surface area contributed by atoms with Crippen LogP contribution >= 0.6 is 0 Å². The summed E-state index contributed by atoms with van der Waals surface area (Å²) in [5.41, 5.74) is 1.68. The van der Waals surface area contributed by atoms with Gasteiger partial charge in [-0.25, -0.2) is 0 Å². The smallest absolute Gasteiger partial charge is 0.257 e. The monoisotopic (exact) mass is 492 g/mol. The van der Waals surface area contributed by atoms with E-state index in [0.29, 0.717) is 35.1 Å². The lowest BCUT2D eigenvalue weighted by Crippen LogP contribution is -2.44. The number of carbonyl (C=O) groups is 2. The van der Waals surface area contributed by atoms with Crippen molar-refractivity contribution in [3.8, 4) is 11.5 Å². The molecule has 2 aromatic rings. The topological polar surface area (TPSA) is 67.9 Å². The van der Waals surface area contributed by atoms with Crippen molar-refractivity contribution in [2.45, 2.75) is 64.7 Å². The number of nitrogens with zero attached hydrogens (tertiary/aromatic N) is 1. The fourth-order valence-corrected chi connectivity index (χ4v) is 5.53. The molecule has 1 aliphatic heterocycles.